The van der Waals surface area contributed by atoms with Crippen LogP contribution in [0.1, 0.15) is 37.9 Å². The van der Waals surface area contributed by atoms with E-state index in [1.54, 1.807) is 39.0 Å². The Morgan fingerprint density at radius 1 is 1.00 bits per heavy atom. The van der Waals surface area contributed by atoms with Crippen molar-refractivity contribution in [2.45, 2.75) is 45.4 Å². The summed E-state index contributed by atoms with van der Waals surface area (Å²) in [7, 11) is 0. The van der Waals surface area contributed by atoms with E-state index in [2.05, 4.69) is 23.3 Å². The van der Waals surface area contributed by atoms with E-state index >= 15 is 0 Å². The maximum Gasteiger partial charge on any atom is 0.408 e. The van der Waals surface area contributed by atoms with Gasteiger partial charge >= 0.3 is 6.09 Å². The van der Waals surface area contributed by atoms with E-state index in [1.165, 1.54) is 4.90 Å². The van der Waals surface area contributed by atoms with Gasteiger partial charge in [-0.2, -0.15) is 12.6 Å². The number of aliphatic hydroxyl groups is 1. The van der Waals surface area contributed by atoms with E-state index in [9.17, 15) is 19.5 Å². The van der Waals surface area contributed by atoms with Crippen LogP contribution in [0, 0.1) is 6.92 Å². The Morgan fingerprint density at radius 3 is 2.34 bits per heavy atom. The lowest BCUT2D eigenvalue weighted by Crippen LogP contribution is -2.53. The van der Waals surface area contributed by atoms with Gasteiger partial charge in [-0.3, -0.25) is 9.59 Å². The van der Waals surface area contributed by atoms with Gasteiger partial charge in [0.05, 0.1) is 6.61 Å². The molecule has 0 saturated heterocycles. The minimum Gasteiger partial charge on any atom is -0.444 e. The number of alkyl carbamates (subject to hydrolysis) is 1. The van der Waals surface area contributed by atoms with Crippen LogP contribution < -0.4 is 10.6 Å². The molecule has 2 atom stereocenters. The first kappa shape index (κ1) is 29.0. The molecule has 0 aliphatic carbocycles. The number of ether oxygens (including phenoxy) is 1. The molecule has 8 nitrogen and oxygen atoms in total. The molecule has 0 fully saturated rings. The summed E-state index contributed by atoms with van der Waals surface area (Å²) in [5.74, 6) is -1.06. The zero-order valence-corrected chi connectivity index (χ0v) is 23.0. The topological polar surface area (TPSA) is 108 Å². The summed E-state index contributed by atoms with van der Waals surface area (Å²) < 4.78 is 5.30. The van der Waals surface area contributed by atoms with Crippen LogP contribution in [0.2, 0.25) is 0 Å². The molecule has 0 aromatic heterocycles. The van der Waals surface area contributed by atoms with Crippen LogP contribution >= 0.6 is 12.6 Å². The summed E-state index contributed by atoms with van der Waals surface area (Å²) >= 11 is 4.26. The van der Waals surface area contributed by atoms with Crippen LogP contribution in [0.5, 0.6) is 0 Å². The lowest BCUT2D eigenvalue weighted by molar-refractivity contribution is -0.140. The number of hydrogen-bond acceptors (Lipinski definition) is 6. The number of nitrogens with one attached hydrogen (secondary N) is 2. The predicted octanol–water partition coefficient (Wildman–Crippen LogP) is 4.47. The van der Waals surface area contributed by atoms with Crippen molar-refractivity contribution < 1.29 is 24.2 Å². The van der Waals surface area contributed by atoms with Gasteiger partial charge in [0.25, 0.3) is 5.91 Å². The van der Waals surface area contributed by atoms with Gasteiger partial charge in [0.2, 0.25) is 5.91 Å². The lowest BCUT2D eigenvalue weighted by atomic mass is 10.0. The number of aryl methyl sites for hydroxylation is 1. The van der Waals surface area contributed by atoms with Crippen LogP contribution in [0.25, 0.3) is 10.8 Å². The van der Waals surface area contributed by atoms with Crippen molar-refractivity contribution in [2.75, 3.05) is 24.2 Å². The zero-order valence-electron chi connectivity index (χ0n) is 22.1. The molecule has 0 heterocycles. The number of fused-ring (bicyclic) bond motifs is 1. The van der Waals surface area contributed by atoms with Gasteiger partial charge in [-0.15, -0.1) is 0 Å². The smallest absolute Gasteiger partial charge is 0.408 e. The van der Waals surface area contributed by atoms with Crippen molar-refractivity contribution in [3.63, 3.8) is 0 Å². The molecule has 3 amide bonds. The Labute approximate surface area is 228 Å². The standard InChI is InChI=1S/C29H35N3O5S/c1-19-8-7-11-22(16-19)25(26(34)30-23-13-12-20-9-5-6-10-21(20)17-23)32(14-15-33)27(35)24(18-38)31-28(36)37-29(2,3)4/h5-13,16-17,24-25,33,38H,14-15,18H2,1-4H3,(H,30,34)(H,31,36). The normalized spacial score (nSPS) is 12.9. The number of thiol groups is 1. The van der Waals surface area contributed by atoms with E-state index in [4.69, 9.17) is 4.74 Å². The fraction of sp³-hybridized carbons (Fsp3) is 0.345. The number of benzene rings is 3. The van der Waals surface area contributed by atoms with Crippen molar-refractivity contribution in [2.24, 2.45) is 0 Å². The number of amides is 3. The maximum atomic E-state index is 13.8. The quantitative estimate of drug-likeness (QED) is 0.301. The third-order valence-corrected chi connectivity index (χ3v) is 6.10. The molecule has 2 unspecified atom stereocenters. The molecule has 3 aromatic carbocycles. The third-order valence-electron chi connectivity index (χ3n) is 5.73. The van der Waals surface area contributed by atoms with Gasteiger partial charge in [-0.1, -0.05) is 60.2 Å². The predicted molar refractivity (Wildman–Crippen MR) is 152 cm³/mol. The molecular weight excluding hydrogens is 502 g/mol. The van der Waals surface area contributed by atoms with Crippen molar-refractivity contribution in [1.82, 2.24) is 10.2 Å². The molecule has 3 N–H and O–H groups in total. The summed E-state index contributed by atoms with van der Waals surface area (Å²) in [6, 6.07) is 18.5. The van der Waals surface area contributed by atoms with Gasteiger partial charge < -0.3 is 25.4 Å². The molecule has 202 valence electrons. The first-order chi connectivity index (χ1) is 18.0. The zero-order chi connectivity index (χ0) is 27.9. The van der Waals surface area contributed by atoms with Crippen LogP contribution in [-0.4, -0.2) is 58.5 Å². The van der Waals surface area contributed by atoms with Crippen molar-refractivity contribution in [3.05, 3.63) is 77.9 Å². The Kier molecular flexibility index (Phi) is 9.77. The number of carbonyl (C=O) groups is 3. The van der Waals surface area contributed by atoms with Gasteiger partial charge in [0.15, 0.2) is 0 Å². The molecule has 0 spiro atoms. The first-order valence-corrected chi connectivity index (χ1v) is 13.0. The number of hydrogen-bond donors (Lipinski definition) is 4. The molecule has 0 aliphatic rings. The minimum atomic E-state index is -1.08. The Bertz CT molecular complexity index is 1290. The van der Waals surface area contributed by atoms with Crippen LogP contribution in [-0.2, 0) is 14.3 Å². The number of carbonyl (C=O) groups excluding carboxylic acids is 3. The summed E-state index contributed by atoms with van der Waals surface area (Å²) in [5, 5.41) is 17.3. The van der Waals surface area contributed by atoms with Gasteiger partial charge in [0.1, 0.15) is 17.7 Å². The molecule has 3 aromatic rings. The number of aliphatic hydroxyl groups excluding tert-OH is 1. The van der Waals surface area contributed by atoms with Crippen LogP contribution in [0.15, 0.2) is 66.7 Å². The largest absolute Gasteiger partial charge is 0.444 e. The van der Waals surface area contributed by atoms with E-state index in [0.717, 1.165) is 16.3 Å². The van der Waals surface area contributed by atoms with E-state index in [-0.39, 0.29) is 18.9 Å². The van der Waals surface area contributed by atoms with Crippen LogP contribution in [0.3, 0.4) is 0 Å². The van der Waals surface area contributed by atoms with E-state index in [1.807, 2.05) is 55.5 Å². The second kappa shape index (κ2) is 12.8. The van der Waals surface area contributed by atoms with Crippen molar-refractivity contribution in [1.29, 1.82) is 0 Å². The SMILES string of the molecule is Cc1cccc(C(C(=O)Nc2ccc3ccccc3c2)N(CCO)C(=O)C(CS)NC(=O)OC(C)(C)C)c1. The highest BCUT2D eigenvalue weighted by atomic mass is 32.1. The van der Waals surface area contributed by atoms with Gasteiger partial charge in [-0.05, 0) is 56.2 Å². The van der Waals surface area contributed by atoms with E-state index in [0.29, 0.717) is 11.3 Å². The number of anilines is 1. The molecule has 3 rings (SSSR count). The highest BCUT2D eigenvalue weighted by molar-refractivity contribution is 7.80. The number of rotatable bonds is 9. The van der Waals surface area contributed by atoms with Crippen LogP contribution in [0.4, 0.5) is 10.5 Å². The summed E-state index contributed by atoms with van der Waals surface area (Å²) in [4.78, 5) is 41.2. The highest BCUT2D eigenvalue weighted by Gasteiger charge is 2.35. The van der Waals surface area contributed by atoms with Crippen molar-refractivity contribution in [3.8, 4) is 0 Å². The highest BCUT2D eigenvalue weighted by Crippen LogP contribution is 2.26. The fourth-order valence-electron chi connectivity index (χ4n) is 4.10. The fourth-order valence-corrected chi connectivity index (χ4v) is 4.35. The average Bonchev–Trinajstić information content (AvgIpc) is 2.85. The molecule has 0 saturated carbocycles. The lowest BCUT2D eigenvalue weighted by Gasteiger charge is -2.34. The number of nitrogens with zero attached hydrogens (tertiary/aromatic N) is 1. The minimum absolute atomic E-state index is 0.0349. The van der Waals surface area contributed by atoms with Gasteiger partial charge in [-0.25, -0.2) is 4.79 Å². The first-order valence-electron chi connectivity index (χ1n) is 12.4. The monoisotopic (exact) mass is 537 g/mol. The van der Waals surface area contributed by atoms with Gasteiger partial charge in [0, 0.05) is 18.0 Å². The Hall–Kier alpha value is -3.56. The second-order valence-electron chi connectivity index (χ2n) is 10.0. The molecular formula is C29H35N3O5S. The summed E-state index contributed by atoms with van der Waals surface area (Å²) in [6.45, 7) is 6.51. The Morgan fingerprint density at radius 2 is 1.71 bits per heavy atom. The molecule has 0 aliphatic heterocycles. The molecule has 0 bridgehead atoms. The summed E-state index contributed by atoms with van der Waals surface area (Å²) in [5.41, 5.74) is 1.28. The molecule has 38 heavy (non-hydrogen) atoms. The third kappa shape index (κ3) is 7.72. The summed E-state index contributed by atoms with van der Waals surface area (Å²) in [6.07, 6.45) is -0.776. The van der Waals surface area contributed by atoms with E-state index < -0.39 is 35.6 Å². The second-order valence-corrected chi connectivity index (χ2v) is 10.4. The van der Waals surface area contributed by atoms with Crippen molar-refractivity contribution >= 4 is 47.0 Å². The Balaban J connectivity index is 1.96. The molecule has 0 radical (unpaired) electrons. The maximum absolute atomic E-state index is 13.8. The molecule has 9 heteroatoms. The average molecular weight is 538 g/mol.